The molecule has 0 saturated carbocycles. The molecule has 124 valence electrons. The minimum absolute atomic E-state index is 0.483. The number of hydrogen-bond acceptors (Lipinski definition) is 6. The highest BCUT2D eigenvalue weighted by Gasteiger charge is 2.08. The summed E-state index contributed by atoms with van der Waals surface area (Å²) in [5.41, 5.74) is 3.28. The maximum absolute atomic E-state index is 5.94. The number of pyridine rings is 1. The maximum Gasteiger partial charge on any atom is 0.295 e. The molecule has 0 spiro atoms. The highest BCUT2D eigenvalue weighted by atomic mass is 16.5. The molecule has 2 aromatic heterocycles. The van der Waals surface area contributed by atoms with Crippen LogP contribution in [0.3, 0.4) is 0 Å². The van der Waals surface area contributed by atoms with E-state index in [1.54, 1.807) is 13.2 Å². The Labute approximate surface area is 140 Å². The van der Waals surface area contributed by atoms with Crippen molar-refractivity contribution in [1.29, 1.82) is 0 Å². The maximum atomic E-state index is 5.94. The Morgan fingerprint density at radius 3 is 2.79 bits per heavy atom. The Bertz CT molecular complexity index is 870. The van der Waals surface area contributed by atoms with Crippen molar-refractivity contribution in [3.05, 3.63) is 48.3 Å². The molecule has 0 aliphatic carbocycles. The SMILES string of the molecule is CC/C=C(\NC)c1cc(Oc2ccc3nc(NC)oc3c2)ccn1. The van der Waals surface area contributed by atoms with E-state index in [-0.39, 0.29) is 0 Å². The fraction of sp³-hybridized carbons (Fsp3) is 0.222. The third-order valence-electron chi connectivity index (χ3n) is 3.49. The number of aromatic nitrogens is 2. The minimum atomic E-state index is 0.483. The van der Waals surface area contributed by atoms with E-state index in [9.17, 15) is 0 Å². The summed E-state index contributed by atoms with van der Waals surface area (Å²) in [7, 11) is 3.65. The summed E-state index contributed by atoms with van der Waals surface area (Å²) in [5, 5.41) is 6.04. The van der Waals surface area contributed by atoms with Crippen molar-refractivity contribution in [2.24, 2.45) is 0 Å². The second kappa shape index (κ2) is 7.04. The number of nitrogens with one attached hydrogen (secondary N) is 2. The molecule has 3 rings (SSSR count). The van der Waals surface area contributed by atoms with Crippen LogP contribution in [-0.2, 0) is 0 Å². The molecule has 0 saturated heterocycles. The summed E-state index contributed by atoms with van der Waals surface area (Å²) in [6, 6.07) is 9.77. The molecule has 1 aromatic carbocycles. The molecule has 6 nitrogen and oxygen atoms in total. The summed E-state index contributed by atoms with van der Waals surface area (Å²) < 4.78 is 11.5. The average Bonchev–Trinajstić information content (AvgIpc) is 3.02. The summed E-state index contributed by atoms with van der Waals surface area (Å²) in [6.07, 6.45) is 4.75. The lowest BCUT2D eigenvalue weighted by molar-refractivity contribution is 0.481. The van der Waals surface area contributed by atoms with E-state index in [1.807, 2.05) is 37.4 Å². The van der Waals surface area contributed by atoms with Gasteiger partial charge in [-0.25, -0.2) is 0 Å². The number of fused-ring (bicyclic) bond motifs is 1. The van der Waals surface area contributed by atoms with Crippen LogP contribution >= 0.6 is 0 Å². The van der Waals surface area contributed by atoms with Crippen molar-refractivity contribution >= 4 is 22.8 Å². The first-order valence-electron chi connectivity index (χ1n) is 7.84. The van der Waals surface area contributed by atoms with E-state index >= 15 is 0 Å². The van der Waals surface area contributed by atoms with Crippen molar-refractivity contribution < 1.29 is 9.15 Å². The lowest BCUT2D eigenvalue weighted by atomic mass is 10.2. The van der Waals surface area contributed by atoms with Gasteiger partial charge in [-0.1, -0.05) is 13.0 Å². The Balaban J connectivity index is 1.86. The molecule has 0 fully saturated rings. The van der Waals surface area contributed by atoms with E-state index in [4.69, 9.17) is 9.15 Å². The van der Waals surface area contributed by atoms with Gasteiger partial charge in [0, 0.05) is 32.4 Å². The van der Waals surface area contributed by atoms with Crippen molar-refractivity contribution in [2.75, 3.05) is 19.4 Å². The molecule has 2 heterocycles. The number of ether oxygens (including phenoxy) is 1. The fourth-order valence-corrected chi connectivity index (χ4v) is 2.37. The lowest BCUT2D eigenvalue weighted by Crippen LogP contribution is -2.06. The average molecular weight is 324 g/mol. The van der Waals surface area contributed by atoms with E-state index < -0.39 is 0 Å². The van der Waals surface area contributed by atoms with Gasteiger partial charge >= 0.3 is 0 Å². The smallest absolute Gasteiger partial charge is 0.295 e. The predicted octanol–water partition coefficient (Wildman–Crippen LogP) is 4.03. The Morgan fingerprint density at radius 1 is 1.21 bits per heavy atom. The lowest BCUT2D eigenvalue weighted by Gasteiger charge is -2.09. The van der Waals surface area contributed by atoms with Gasteiger partial charge in [0.2, 0.25) is 0 Å². The molecule has 0 unspecified atom stereocenters. The van der Waals surface area contributed by atoms with Gasteiger partial charge in [0.05, 0.1) is 11.4 Å². The van der Waals surface area contributed by atoms with E-state index in [2.05, 4.69) is 33.6 Å². The zero-order valence-electron chi connectivity index (χ0n) is 14.0. The second-order valence-electron chi connectivity index (χ2n) is 5.15. The van der Waals surface area contributed by atoms with Crippen LogP contribution in [0.4, 0.5) is 6.01 Å². The van der Waals surface area contributed by atoms with Crippen molar-refractivity contribution in [1.82, 2.24) is 15.3 Å². The Hall–Kier alpha value is -3.02. The molecular formula is C18H20N4O2. The van der Waals surface area contributed by atoms with Gasteiger partial charge in [0.15, 0.2) is 5.58 Å². The molecule has 2 N–H and O–H groups in total. The predicted molar refractivity (Wildman–Crippen MR) is 95.2 cm³/mol. The van der Waals surface area contributed by atoms with Gasteiger partial charge in [0.25, 0.3) is 6.01 Å². The molecule has 0 aliphatic heterocycles. The van der Waals surface area contributed by atoms with Crippen LogP contribution in [0.2, 0.25) is 0 Å². The summed E-state index contributed by atoms with van der Waals surface area (Å²) in [5.74, 6) is 1.40. The van der Waals surface area contributed by atoms with Crippen LogP contribution in [0, 0.1) is 0 Å². The largest absolute Gasteiger partial charge is 0.457 e. The van der Waals surface area contributed by atoms with Crippen LogP contribution in [0.5, 0.6) is 11.5 Å². The zero-order valence-corrected chi connectivity index (χ0v) is 14.0. The van der Waals surface area contributed by atoms with Crippen LogP contribution in [0.15, 0.2) is 47.0 Å². The van der Waals surface area contributed by atoms with Gasteiger partial charge in [-0.05, 0) is 24.6 Å². The van der Waals surface area contributed by atoms with Gasteiger partial charge in [-0.3, -0.25) is 4.98 Å². The first-order chi connectivity index (χ1) is 11.7. The van der Waals surface area contributed by atoms with Crippen molar-refractivity contribution in [2.45, 2.75) is 13.3 Å². The van der Waals surface area contributed by atoms with Crippen LogP contribution in [0.25, 0.3) is 16.8 Å². The fourth-order valence-electron chi connectivity index (χ4n) is 2.37. The standard InChI is InChI=1S/C18H20N4O2/c1-4-5-14(19-2)16-10-13(8-9-21-16)23-12-6-7-15-17(11-12)24-18(20-3)22-15/h5-11,19H,4H2,1-3H3,(H,20,22)/b14-5-. The molecule has 24 heavy (non-hydrogen) atoms. The second-order valence-corrected chi connectivity index (χ2v) is 5.15. The summed E-state index contributed by atoms with van der Waals surface area (Å²) >= 11 is 0. The first-order valence-corrected chi connectivity index (χ1v) is 7.84. The quantitative estimate of drug-likeness (QED) is 0.713. The highest BCUT2D eigenvalue weighted by molar-refractivity contribution is 5.76. The molecule has 3 aromatic rings. The van der Waals surface area contributed by atoms with Crippen LogP contribution in [0.1, 0.15) is 19.0 Å². The van der Waals surface area contributed by atoms with Gasteiger partial charge in [0.1, 0.15) is 17.0 Å². The third-order valence-corrected chi connectivity index (χ3v) is 3.49. The van der Waals surface area contributed by atoms with E-state index in [1.165, 1.54) is 0 Å². The molecule has 0 atom stereocenters. The zero-order chi connectivity index (χ0) is 16.9. The molecule has 0 bridgehead atoms. The Morgan fingerprint density at radius 2 is 2.04 bits per heavy atom. The summed E-state index contributed by atoms with van der Waals surface area (Å²) in [4.78, 5) is 8.68. The minimum Gasteiger partial charge on any atom is -0.457 e. The number of benzene rings is 1. The van der Waals surface area contributed by atoms with Crippen LogP contribution in [-0.4, -0.2) is 24.1 Å². The molecule has 0 amide bonds. The van der Waals surface area contributed by atoms with Gasteiger partial charge in [-0.2, -0.15) is 4.98 Å². The normalized spacial score (nSPS) is 11.5. The molecular weight excluding hydrogens is 304 g/mol. The van der Waals surface area contributed by atoms with E-state index in [0.29, 0.717) is 23.1 Å². The van der Waals surface area contributed by atoms with Crippen LogP contribution < -0.4 is 15.4 Å². The summed E-state index contributed by atoms with van der Waals surface area (Å²) in [6.45, 7) is 2.09. The number of anilines is 1. The number of hydrogen-bond donors (Lipinski definition) is 2. The number of nitrogens with zero attached hydrogens (tertiary/aromatic N) is 2. The molecule has 0 aliphatic rings. The number of oxazole rings is 1. The van der Waals surface area contributed by atoms with E-state index in [0.717, 1.165) is 23.3 Å². The molecule has 6 heteroatoms. The third kappa shape index (κ3) is 3.32. The highest BCUT2D eigenvalue weighted by Crippen LogP contribution is 2.28. The number of rotatable bonds is 6. The van der Waals surface area contributed by atoms with Gasteiger partial charge < -0.3 is 19.8 Å². The Kier molecular flexibility index (Phi) is 4.65. The first kappa shape index (κ1) is 15.9. The monoisotopic (exact) mass is 324 g/mol. The topological polar surface area (TPSA) is 72.2 Å². The van der Waals surface area contributed by atoms with Crippen molar-refractivity contribution in [3.63, 3.8) is 0 Å². The molecule has 0 radical (unpaired) electrons. The van der Waals surface area contributed by atoms with Gasteiger partial charge in [-0.15, -0.1) is 0 Å². The van der Waals surface area contributed by atoms with Crippen molar-refractivity contribution in [3.8, 4) is 11.5 Å². The number of allylic oxidation sites excluding steroid dienone is 1.